The van der Waals surface area contributed by atoms with Crippen LogP contribution >= 0.6 is 0 Å². The summed E-state index contributed by atoms with van der Waals surface area (Å²) in [6, 6.07) is 6.89. The number of aliphatic hydroxyl groups excluding tert-OH is 1. The lowest BCUT2D eigenvalue weighted by Gasteiger charge is -2.21. The lowest BCUT2D eigenvalue weighted by atomic mass is 9.93. The highest BCUT2D eigenvalue weighted by Crippen LogP contribution is 2.20. The molecule has 2 unspecified atom stereocenters. The topological polar surface area (TPSA) is 83.5 Å². The zero-order valence-electron chi connectivity index (χ0n) is 12.0. The van der Waals surface area contributed by atoms with Gasteiger partial charge in [0.15, 0.2) is 0 Å². The van der Waals surface area contributed by atoms with Crippen LogP contribution in [0.5, 0.6) is 0 Å². The Morgan fingerprint density at radius 1 is 1.33 bits per heavy atom. The summed E-state index contributed by atoms with van der Waals surface area (Å²) in [4.78, 5) is 12.2. The van der Waals surface area contributed by atoms with Crippen LogP contribution in [0, 0.1) is 5.92 Å². The predicted octanol–water partition coefficient (Wildman–Crippen LogP) is 0.995. The Morgan fingerprint density at radius 3 is 2.62 bits per heavy atom. The summed E-state index contributed by atoms with van der Waals surface area (Å²) < 4.78 is 0. The maximum atomic E-state index is 12.2. The maximum Gasteiger partial charge on any atom is 0.413 e. The maximum absolute atomic E-state index is 12.2. The molecule has 1 amide bonds. The van der Waals surface area contributed by atoms with Crippen LogP contribution in [0.1, 0.15) is 43.4 Å². The number of nitrogens with one attached hydrogen (secondary N) is 2. The molecular weight excluding hydrogens is 268 g/mol. The van der Waals surface area contributed by atoms with Gasteiger partial charge in [-0.15, -0.1) is 0 Å². The average molecular weight is 289 g/mol. The molecule has 112 valence electrons. The minimum absolute atomic E-state index is 0.0627. The molecule has 0 spiro atoms. The van der Waals surface area contributed by atoms with Crippen molar-refractivity contribution in [3.05, 3.63) is 47.5 Å². The van der Waals surface area contributed by atoms with Gasteiger partial charge >= 0.3 is 5.90 Å². The van der Waals surface area contributed by atoms with Gasteiger partial charge in [0, 0.05) is 5.92 Å². The molecule has 0 radical (unpaired) electrons. The van der Waals surface area contributed by atoms with Gasteiger partial charge in [0.2, 0.25) is 5.91 Å². The first kappa shape index (κ1) is 15.1. The Bertz CT molecular complexity index is 549. The van der Waals surface area contributed by atoms with E-state index in [4.69, 9.17) is 5.21 Å². The normalized spacial score (nSPS) is 20.0. The van der Waals surface area contributed by atoms with E-state index in [1.165, 1.54) is 0 Å². The van der Waals surface area contributed by atoms with Crippen molar-refractivity contribution in [2.75, 3.05) is 0 Å². The van der Waals surface area contributed by atoms with Crippen molar-refractivity contribution in [2.24, 2.45) is 5.92 Å². The van der Waals surface area contributed by atoms with Crippen LogP contribution in [-0.4, -0.2) is 22.1 Å². The molecule has 5 heteroatoms. The SMILES string of the molecule is CC(NC(=O)C1CC=CCC1)c1ccc(/C(O)=[NH+]/O)cc1. The molecular formula is C16H21N2O3+. The smallest absolute Gasteiger partial charge is 0.413 e. The van der Waals surface area contributed by atoms with Gasteiger partial charge in [0.1, 0.15) is 0 Å². The van der Waals surface area contributed by atoms with Crippen molar-refractivity contribution < 1.29 is 20.3 Å². The number of aliphatic hydroxyl groups is 1. The van der Waals surface area contributed by atoms with Crippen LogP contribution in [-0.2, 0) is 4.79 Å². The van der Waals surface area contributed by atoms with Crippen molar-refractivity contribution in [1.82, 2.24) is 5.32 Å². The molecule has 0 saturated carbocycles. The third-order valence-corrected chi connectivity index (χ3v) is 3.79. The fourth-order valence-corrected chi connectivity index (χ4v) is 2.44. The number of hydrogen-bond acceptors (Lipinski definition) is 2. The molecule has 0 aliphatic heterocycles. The van der Waals surface area contributed by atoms with Gasteiger partial charge in [-0.1, -0.05) is 24.3 Å². The number of benzene rings is 1. The summed E-state index contributed by atoms with van der Waals surface area (Å²) in [6.07, 6.45) is 6.85. The van der Waals surface area contributed by atoms with Crippen LogP contribution in [0.2, 0.25) is 0 Å². The highest BCUT2D eigenvalue weighted by molar-refractivity contribution is 5.87. The molecule has 1 aromatic rings. The number of allylic oxidation sites excluding steroid dienone is 2. The van der Waals surface area contributed by atoms with Crippen molar-refractivity contribution in [2.45, 2.75) is 32.2 Å². The van der Waals surface area contributed by atoms with Crippen LogP contribution in [0.3, 0.4) is 0 Å². The number of amides is 1. The summed E-state index contributed by atoms with van der Waals surface area (Å²) in [7, 11) is 0. The molecule has 4 N–H and O–H groups in total. The Labute approximate surface area is 124 Å². The van der Waals surface area contributed by atoms with E-state index in [0.717, 1.165) is 24.8 Å². The molecule has 0 bridgehead atoms. The van der Waals surface area contributed by atoms with E-state index in [1.807, 2.05) is 19.1 Å². The predicted molar refractivity (Wildman–Crippen MR) is 79.0 cm³/mol. The van der Waals surface area contributed by atoms with Crippen molar-refractivity contribution in [3.63, 3.8) is 0 Å². The first-order chi connectivity index (χ1) is 10.1. The number of carbonyl (C=O) groups excluding carboxylic acids is 1. The largest absolute Gasteiger partial charge is 0.457 e. The first-order valence-corrected chi connectivity index (χ1v) is 7.13. The van der Waals surface area contributed by atoms with Crippen LogP contribution in [0.25, 0.3) is 0 Å². The van der Waals surface area contributed by atoms with Crippen molar-refractivity contribution in [1.29, 1.82) is 0 Å². The zero-order valence-corrected chi connectivity index (χ0v) is 12.0. The van der Waals surface area contributed by atoms with Gasteiger partial charge in [-0.2, -0.15) is 0 Å². The number of hydrogen-bond donors (Lipinski definition) is 4. The standard InChI is InChI=1S/C16H20N2O3/c1-11(17-15(19)13-5-3-2-4-6-13)12-7-9-14(10-8-12)16(20)18-21/h2-3,7-11,13,21H,4-6H2,1H3,(H,17,19)(H,18,20)/p+1. The van der Waals surface area contributed by atoms with Gasteiger partial charge in [0.25, 0.3) is 0 Å². The molecule has 21 heavy (non-hydrogen) atoms. The minimum Gasteiger partial charge on any atom is -0.457 e. The fourth-order valence-electron chi connectivity index (χ4n) is 2.44. The molecule has 1 aliphatic carbocycles. The molecule has 2 rings (SSSR count). The molecule has 0 fully saturated rings. The van der Waals surface area contributed by atoms with E-state index >= 15 is 0 Å². The number of rotatable bonds is 4. The van der Waals surface area contributed by atoms with Gasteiger partial charge in [-0.3, -0.25) is 10.0 Å². The second-order valence-electron chi connectivity index (χ2n) is 5.29. The van der Waals surface area contributed by atoms with Crippen LogP contribution < -0.4 is 10.5 Å². The lowest BCUT2D eigenvalue weighted by molar-refractivity contribution is -0.742. The van der Waals surface area contributed by atoms with Crippen molar-refractivity contribution in [3.8, 4) is 0 Å². The fraction of sp³-hybridized carbons (Fsp3) is 0.375. The van der Waals surface area contributed by atoms with Gasteiger partial charge in [-0.25, -0.2) is 0 Å². The summed E-state index contributed by atoms with van der Waals surface area (Å²) in [6.45, 7) is 1.93. The van der Waals surface area contributed by atoms with Gasteiger partial charge in [0.05, 0.1) is 11.6 Å². The second-order valence-corrected chi connectivity index (χ2v) is 5.29. The number of carbonyl (C=O) groups is 1. The van der Waals surface area contributed by atoms with E-state index in [2.05, 4.69) is 17.5 Å². The minimum atomic E-state index is -0.299. The molecule has 0 aromatic heterocycles. The van der Waals surface area contributed by atoms with Crippen LogP contribution in [0.4, 0.5) is 0 Å². The van der Waals surface area contributed by atoms with E-state index in [9.17, 15) is 9.90 Å². The van der Waals surface area contributed by atoms with Crippen molar-refractivity contribution >= 4 is 11.8 Å². The Morgan fingerprint density at radius 2 is 2.05 bits per heavy atom. The van der Waals surface area contributed by atoms with Crippen LogP contribution in [0.15, 0.2) is 36.4 Å². The molecule has 0 heterocycles. The summed E-state index contributed by atoms with van der Waals surface area (Å²) in [5.74, 6) is -0.151. The molecule has 1 aromatic carbocycles. The zero-order chi connectivity index (χ0) is 15.2. The highest BCUT2D eigenvalue weighted by atomic mass is 16.5. The first-order valence-electron chi connectivity index (χ1n) is 7.13. The monoisotopic (exact) mass is 289 g/mol. The van der Waals surface area contributed by atoms with Gasteiger partial charge < -0.3 is 10.4 Å². The third kappa shape index (κ3) is 3.84. The third-order valence-electron chi connectivity index (χ3n) is 3.79. The molecule has 2 atom stereocenters. The Balaban J connectivity index is 1.98. The molecule has 0 saturated heterocycles. The molecule has 1 aliphatic rings. The average Bonchev–Trinajstić information content (AvgIpc) is 2.55. The highest BCUT2D eigenvalue weighted by Gasteiger charge is 2.20. The molecule has 5 nitrogen and oxygen atoms in total. The summed E-state index contributed by atoms with van der Waals surface area (Å²) in [5, 5.41) is 22.7. The lowest BCUT2D eigenvalue weighted by Crippen LogP contribution is -2.69. The van der Waals surface area contributed by atoms with E-state index in [1.54, 1.807) is 17.3 Å². The quantitative estimate of drug-likeness (QED) is 0.219. The summed E-state index contributed by atoms with van der Waals surface area (Å²) in [5.41, 5.74) is 1.43. The Hall–Kier alpha value is -2.30. The Kier molecular flexibility index (Phi) is 4.98. The van der Waals surface area contributed by atoms with E-state index < -0.39 is 0 Å². The van der Waals surface area contributed by atoms with E-state index in [0.29, 0.717) is 5.56 Å². The summed E-state index contributed by atoms with van der Waals surface area (Å²) >= 11 is 0. The second kappa shape index (κ2) is 6.92. The van der Waals surface area contributed by atoms with E-state index in [-0.39, 0.29) is 23.8 Å². The van der Waals surface area contributed by atoms with Gasteiger partial charge in [-0.05, 0) is 49.0 Å².